The molecule has 9 heteroatoms. The van der Waals surface area contributed by atoms with Crippen LogP contribution in [-0.4, -0.2) is 21.2 Å². The van der Waals surface area contributed by atoms with Crippen molar-refractivity contribution in [1.29, 1.82) is 0 Å². The van der Waals surface area contributed by atoms with Crippen LogP contribution in [0.3, 0.4) is 0 Å². The van der Waals surface area contributed by atoms with Gasteiger partial charge < -0.3 is 4.74 Å². The molecular formula is C16H15ClF2N2O4. The maximum absolute atomic E-state index is 13.1. The Hall–Kier alpha value is -2.48. The van der Waals surface area contributed by atoms with Gasteiger partial charge >= 0.3 is 18.2 Å². The van der Waals surface area contributed by atoms with E-state index in [0.29, 0.717) is 4.57 Å². The van der Waals surface area contributed by atoms with Gasteiger partial charge in [-0.3, -0.25) is 4.79 Å². The van der Waals surface area contributed by atoms with Gasteiger partial charge in [0.25, 0.3) is 5.56 Å². The molecule has 2 rings (SSSR count). The van der Waals surface area contributed by atoms with Crippen LogP contribution in [0.4, 0.5) is 8.78 Å². The standard InChI is InChI=1S/C16H15ClF2N2O4/c1-8(2)25-14(23)11-7-10(4-5-12(11)17)21-13(22)6-9(3)20(15(18)19)16(21)24/h4-8,15H,1-3H3. The van der Waals surface area contributed by atoms with Crippen molar-refractivity contribution in [2.45, 2.75) is 33.4 Å². The smallest absolute Gasteiger partial charge is 0.340 e. The number of halogens is 3. The average molecular weight is 373 g/mol. The Morgan fingerprint density at radius 3 is 2.40 bits per heavy atom. The summed E-state index contributed by atoms with van der Waals surface area (Å²) in [6.45, 7) is 1.40. The molecule has 0 atom stereocenters. The summed E-state index contributed by atoms with van der Waals surface area (Å²) < 4.78 is 31.9. The molecule has 1 aromatic heterocycles. The Morgan fingerprint density at radius 1 is 1.20 bits per heavy atom. The predicted molar refractivity (Wildman–Crippen MR) is 87.9 cm³/mol. The molecule has 0 aliphatic carbocycles. The minimum Gasteiger partial charge on any atom is -0.459 e. The highest BCUT2D eigenvalue weighted by atomic mass is 35.5. The molecule has 0 radical (unpaired) electrons. The van der Waals surface area contributed by atoms with E-state index in [9.17, 15) is 23.2 Å². The lowest BCUT2D eigenvalue weighted by Gasteiger charge is -2.14. The van der Waals surface area contributed by atoms with Gasteiger partial charge in [0.1, 0.15) is 0 Å². The van der Waals surface area contributed by atoms with Gasteiger partial charge in [-0.1, -0.05) is 11.6 Å². The molecule has 0 fully saturated rings. The fraction of sp³-hybridized carbons (Fsp3) is 0.312. The third-order valence-corrected chi connectivity index (χ3v) is 3.63. The molecule has 0 spiro atoms. The van der Waals surface area contributed by atoms with E-state index in [4.69, 9.17) is 16.3 Å². The minimum atomic E-state index is -3.11. The van der Waals surface area contributed by atoms with E-state index in [1.807, 2.05) is 0 Å². The number of carbonyl (C=O) groups is 1. The van der Waals surface area contributed by atoms with Crippen molar-refractivity contribution in [3.63, 3.8) is 0 Å². The third-order valence-electron chi connectivity index (χ3n) is 3.30. The van der Waals surface area contributed by atoms with Gasteiger partial charge in [-0.2, -0.15) is 8.78 Å². The largest absolute Gasteiger partial charge is 0.459 e. The number of aromatic nitrogens is 2. The Balaban J connectivity index is 2.68. The fourth-order valence-electron chi connectivity index (χ4n) is 2.23. The number of hydrogen-bond donors (Lipinski definition) is 0. The number of aryl methyl sites for hydroxylation is 1. The molecule has 0 aliphatic heterocycles. The summed E-state index contributed by atoms with van der Waals surface area (Å²) in [7, 11) is 0. The molecule has 25 heavy (non-hydrogen) atoms. The number of rotatable bonds is 4. The molecule has 1 aromatic carbocycles. The second-order valence-corrected chi connectivity index (χ2v) is 5.92. The zero-order valence-electron chi connectivity index (χ0n) is 13.6. The van der Waals surface area contributed by atoms with Crippen LogP contribution in [0.1, 0.15) is 36.4 Å². The van der Waals surface area contributed by atoms with Crippen molar-refractivity contribution in [2.75, 3.05) is 0 Å². The zero-order valence-corrected chi connectivity index (χ0v) is 14.4. The SMILES string of the molecule is Cc1cc(=O)n(-c2ccc(Cl)c(C(=O)OC(C)C)c2)c(=O)n1C(F)F. The summed E-state index contributed by atoms with van der Waals surface area (Å²) in [4.78, 5) is 36.5. The molecule has 0 amide bonds. The van der Waals surface area contributed by atoms with Crippen LogP contribution in [0.5, 0.6) is 0 Å². The molecule has 6 nitrogen and oxygen atoms in total. The second-order valence-electron chi connectivity index (χ2n) is 5.51. The Bertz CT molecular complexity index is 935. The highest BCUT2D eigenvalue weighted by Crippen LogP contribution is 2.20. The Morgan fingerprint density at radius 2 is 1.84 bits per heavy atom. The second kappa shape index (κ2) is 7.18. The van der Waals surface area contributed by atoms with Crippen molar-refractivity contribution < 1.29 is 18.3 Å². The number of hydrogen-bond acceptors (Lipinski definition) is 4. The first-order valence-corrected chi connectivity index (χ1v) is 7.65. The van der Waals surface area contributed by atoms with E-state index < -0.39 is 29.9 Å². The molecule has 0 saturated carbocycles. The molecule has 0 bridgehead atoms. The summed E-state index contributed by atoms with van der Waals surface area (Å²) in [5.74, 6) is -0.754. The number of nitrogens with zero attached hydrogens (tertiary/aromatic N) is 2. The summed E-state index contributed by atoms with van der Waals surface area (Å²) in [6.07, 6.45) is -0.412. The molecule has 0 aliphatic rings. The molecular weight excluding hydrogens is 358 g/mol. The maximum atomic E-state index is 13.1. The lowest BCUT2D eigenvalue weighted by molar-refractivity contribution is 0.0377. The molecule has 134 valence electrons. The predicted octanol–water partition coefficient (Wildman–Crippen LogP) is 2.92. The maximum Gasteiger partial charge on any atom is 0.340 e. The molecule has 1 heterocycles. The molecule has 2 aromatic rings. The van der Waals surface area contributed by atoms with Gasteiger partial charge in [0.2, 0.25) is 0 Å². The van der Waals surface area contributed by atoms with E-state index in [0.717, 1.165) is 12.1 Å². The van der Waals surface area contributed by atoms with Gasteiger partial charge in [-0.05, 0) is 39.0 Å². The summed E-state index contributed by atoms with van der Waals surface area (Å²) in [5, 5.41) is 0.0451. The van der Waals surface area contributed by atoms with Crippen molar-refractivity contribution in [3.8, 4) is 5.69 Å². The van der Waals surface area contributed by atoms with Gasteiger partial charge in [-0.15, -0.1) is 0 Å². The molecule has 0 saturated heterocycles. The highest BCUT2D eigenvalue weighted by Gasteiger charge is 2.19. The van der Waals surface area contributed by atoms with Gasteiger partial charge in [0.05, 0.1) is 22.4 Å². The number of alkyl halides is 2. The number of esters is 1. The average Bonchev–Trinajstić information content (AvgIpc) is 2.46. The van der Waals surface area contributed by atoms with E-state index in [1.165, 1.54) is 19.1 Å². The van der Waals surface area contributed by atoms with Crippen LogP contribution in [0.25, 0.3) is 5.69 Å². The molecule has 0 unspecified atom stereocenters. The molecule has 0 N–H and O–H groups in total. The van der Waals surface area contributed by atoms with E-state index in [-0.39, 0.29) is 26.5 Å². The van der Waals surface area contributed by atoms with Crippen LogP contribution >= 0.6 is 11.6 Å². The fourth-order valence-corrected chi connectivity index (χ4v) is 2.42. The van der Waals surface area contributed by atoms with Crippen LogP contribution < -0.4 is 11.2 Å². The summed E-state index contributed by atoms with van der Waals surface area (Å²) in [5.41, 5.74) is -2.34. The highest BCUT2D eigenvalue weighted by molar-refractivity contribution is 6.33. The quantitative estimate of drug-likeness (QED) is 0.774. The van der Waals surface area contributed by atoms with Gasteiger partial charge in [0, 0.05) is 11.8 Å². The first-order chi connectivity index (χ1) is 11.6. The lowest BCUT2D eigenvalue weighted by Crippen LogP contribution is -2.39. The zero-order chi connectivity index (χ0) is 18.9. The van der Waals surface area contributed by atoms with Crippen LogP contribution in [0.2, 0.25) is 5.02 Å². The first kappa shape index (κ1) is 18.9. The van der Waals surface area contributed by atoms with Crippen molar-refractivity contribution in [1.82, 2.24) is 9.13 Å². The summed E-state index contributed by atoms with van der Waals surface area (Å²) >= 11 is 5.96. The summed E-state index contributed by atoms with van der Waals surface area (Å²) in [6, 6.07) is 4.63. The van der Waals surface area contributed by atoms with E-state index in [1.54, 1.807) is 13.8 Å². The normalized spacial score (nSPS) is 11.2. The number of ether oxygens (including phenoxy) is 1. The van der Waals surface area contributed by atoms with Crippen molar-refractivity contribution in [3.05, 3.63) is 61.4 Å². The minimum absolute atomic E-state index is 0.0451. The van der Waals surface area contributed by atoms with Crippen LogP contribution in [0, 0.1) is 6.92 Å². The Labute approximate surface area is 146 Å². The number of benzene rings is 1. The first-order valence-electron chi connectivity index (χ1n) is 7.27. The van der Waals surface area contributed by atoms with Gasteiger partial charge in [-0.25, -0.2) is 18.7 Å². The van der Waals surface area contributed by atoms with E-state index in [2.05, 4.69) is 0 Å². The Kier molecular flexibility index (Phi) is 5.42. The van der Waals surface area contributed by atoms with Gasteiger partial charge in [0.15, 0.2) is 0 Å². The van der Waals surface area contributed by atoms with E-state index >= 15 is 0 Å². The third kappa shape index (κ3) is 3.79. The monoisotopic (exact) mass is 372 g/mol. The lowest BCUT2D eigenvalue weighted by atomic mass is 10.2. The van der Waals surface area contributed by atoms with Crippen molar-refractivity contribution in [2.24, 2.45) is 0 Å². The van der Waals surface area contributed by atoms with Crippen LogP contribution in [-0.2, 0) is 4.74 Å². The topological polar surface area (TPSA) is 70.3 Å². The van der Waals surface area contributed by atoms with Crippen LogP contribution in [0.15, 0.2) is 33.9 Å². The number of carbonyl (C=O) groups excluding carboxylic acids is 1. The van der Waals surface area contributed by atoms with Crippen molar-refractivity contribution >= 4 is 17.6 Å².